The number of ether oxygens (including phenoxy) is 2. The monoisotopic (exact) mass is 235 g/mol. The molecule has 94 valence electrons. The summed E-state index contributed by atoms with van der Waals surface area (Å²) in [6, 6.07) is -1.08. The molecule has 1 atom stereocenters. The van der Waals surface area contributed by atoms with Gasteiger partial charge in [-0.1, -0.05) is 0 Å². The van der Waals surface area contributed by atoms with E-state index in [4.69, 9.17) is 19.7 Å². The number of aliphatic hydroxyl groups excluding tert-OH is 1. The van der Waals surface area contributed by atoms with Crippen LogP contribution in [0.3, 0.4) is 0 Å². The van der Waals surface area contributed by atoms with Crippen molar-refractivity contribution in [1.82, 2.24) is 5.32 Å². The highest BCUT2D eigenvalue weighted by atomic mass is 16.5. The Labute approximate surface area is 93.3 Å². The fourth-order valence-corrected chi connectivity index (χ4v) is 0.930. The fraction of sp³-hybridized carbons (Fsp3) is 0.778. The summed E-state index contributed by atoms with van der Waals surface area (Å²) in [5, 5.41) is 19.5. The van der Waals surface area contributed by atoms with Gasteiger partial charge in [-0.3, -0.25) is 4.79 Å². The van der Waals surface area contributed by atoms with E-state index in [1.807, 2.05) is 0 Å². The lowest BCUT2D eigenvalue weighted by Gasteiger charge is -2.13. The van der Waals surface area contributed by atoms with Gasteiger partial charge in [-0.2, -0.15) is 0 Å². The maximum Gasteiger partial charge on any atom is 0.326 e. The largest absolute Gasteiger partial charge is 0.480 e. The van der Waals surface area contributed by atoms with Gasteiger partial charge in [-0.15, -0.1) is 0 Å². The highest BCUT2D eigenvalue weighted by Gasteiger charge is 2.18. The molecule has 0 heterocycles. The van der Waals surface area contributed by atoms with E-state index in [1.165, 1.54) is 7.11 Å². The van der Waals surface area contributed by atoms with Gasteiger partial charge in [0.2, 0.25) is 5.91 Å². The predicted octanol–water partition coefficient (Wildman–Crippen LogP) is -1.40. The summed E-state index contributed by atoms with van der Waals surface area (Å²) in [5.74, 6) is -1.71. The zero-order valence-corrected chi connectivity index (χ0v) is 9.14. The first kappa shape index (κ1) is 14.8. The van der Waals surface area contributed by atoms with Crippen LogP contribution >= 0.6 is 0 Å². The van der Waals surface area contributed by atoms with Crippen molar-refractivity contribution in [3.63, 3.8) is 0 Å². The summed E-state index contributed by atoms with van der Waals surface area (Å²) in [6.45, 7) is 0.105. The van der Waals surface area contributed by atoms with Crippen molar-refractivity contribution in [3.8, 4) is 0 Å². The lowest BCUT2D eigenvalue weighted by Crippen LogP contribution is -2.43. The second-order valence-electron chi connectivity index (χ2n) is 3.02. The molecule has 0 aromatic heterocycles. The number of nitrogens with one attached hydrogen (secondary N) is 1. The van der Waals surface area contributed by atoms with E-state index in [2.05, 4.69) is 5.32 Å². The van der Waals surface area contributed by atoms with Crippen molar-refractivity contribution in [1.29, 1.82) is 0 Å². The van der Waals surface area contributed by atoms with Gasteiger partial charge >= 0.3 is 5.97 Å². The minimum atomic E-state index is -1.18. The van der Waals surface area contributed by atoms with E-state index in [0.717, 1.165) is 0 Å². The molecule has 0 aliphatic carbocycles. The molecule has 0 saturated carbocycles. The molecule has 0 radical (unpaired) electrons. The lowest BCUT2D eigenvalue weighted by molar-refractivity contribution is -0.143. The Balaban J connectivity index is 3.77. The van der Waals surface area contributed by atoms with Gasteiger partial charge in [0, 0.05) is 20.1 Å². The van der Waals surface area contributed by atoms with Gasteiger partial charge in [0.15, 0.2) is 0 Å². The molecule has 0 saturated heterocycles. The quantitative estimate of drug-likeness (QED) is 0.424. The van der Waals surface area contributed by atoms with Crippen LogP contribution in [0.4, 0.5) is 0 Å². The third-order valence-corrected chi connectivity index (χ3v) is 1.72. The van der Waals surface area contributed by atoms with Crippen molar-refractivity contribution in [2.75, 3.05) is 33.5 Å². The highest BCUT2D eigenvalue weighted by Crippen LogP contribution is 1.91. The molecule has 0 aromatic rings. The Morgan fingerprint density at radius 2 is 2.06 bits per heavy atom. The van der Waals surface area contributed by atoms with E-state index >= 15 is 0 Å². The number of amides is 1. The summed E-state index contributed by atoms with van der Waals surface area (Å²) in [7, 11) is 1.51. The standard InChI is InChI=1S/C9H17NO6/c1-15-4-5-16-6-8(12)10-7(2-3-11)9(13)14/h7,11H,2-6H2,1H3,(H,10,12)(H,13,14). The normalized spacial score (nSPS) is 12.1. The van der Waals surface area contributed by atoms with Crippen molar-refractivity contribution in [3.05, 3.63) is 0 Å². The Hall–Kier alpha value is -1.18. The van der Waals surface area contributed by atoms with E-state index in [0.29, 0.717) is 6.61 Å². The summed E-state index contributed by atoms with van der Waals surface area (Å²) >= 11 is 0. The smallest absolute Gasteiger partial charge is 0.326 e. The number of carbonyl (C=O) groups excluding carboxylic acids is 1. The Morgan fingerprint density at radius 1 is 1.38 bits per heavy atom. The predicted molar refractivity (Wildman–Crippen MR) is 54.0 cm³/mol. The molecule has 7 nitrogen and oxygen atoms in total. The maximum absolute atomic E-state index is 11.2. The van der Waals surface area contributed by atoms with Crippen LogP contribution in [-0.4, -0.2) is 61.7 Å². The molecule has 0 aliphatic heterocycles. The molecular formula is C9H17NO6. The maximum atomic E-state index is 11.2. The van der Waals surface area contributed by atoms with Crippen LogP contribution in [0.15, 0.2) is 0 Å². The van der Waals surface area contributed by atoms with Crippen molar-refractivity contribution >= 4 is 11.9 Å². The van der Waals surface area contributed by atoms with Crippen LogP contribution in [0.25, 0.3) is 0 Å². The molecule has 0 rings (SSSR count). The van der Waals surface area contributed by atoms with Crippen molar-refractivity contribution in [2.24, 2.45) is 0 Å². The zero-order valence-electron chi connectivity index (χ0n) is 9.14. The topological polar surface area (TPSA) is 105 Å². The van der Waals surface area contributed by atoms with Crippen molar-refractivity contribution < 1.29 is 29.3 Å². The van der Waals surface area contributed by atoms with E-state index in [1.54, 1.807) is 0 Å². The number of methoxy groups -OCH3 is 1. The minimum absolute atomic E-state index is 0.0286. The molecule has 0 aliphatic rings. The first-order valence-electron chi connectivity index (χ1n) is 4.81. The molecule has 3 N–H and O–H groups in total. The van der Waals surface area contributed by atoms with Gasteiger partial charge in [0.25, 0.3) is 0 Å². The van der Waals surface area contributed by atoms with Crippen LogP contribution in [0.2, 0.25) is 0 Å². The summed E-state index contributed by atoms with van der Waals surface area (Å²) in [5.41, 5.74) is 0. The van der Waals surface area contributed by atoms with Gasteiger partial charge in [-0.05, 0) is 0 Å². The summed E-state index contributed by atoms with van der Waals surface area (Å²) in [4.78, 5) is 21.8. The summed E-state index contributed by atoms with van der Waals surface area (Å²) < 4.78 is 9.60. The van der Waals surface area contributed by atoms with Crippen LogP contribution in [0.5, 0.6) is 0 Å². The molecule has 0 bridgehead atoms. The summed E-state index contributed by atoms with van der Waals surface area (Å²) in [6.07, 6.45) is -0.0286. The first-order valence-corrected chi connectivity index (χ1v) is 4.81. The van der Waals surface area contributed by atoms with E-state index in [9.17, 15) is 9.59 Å². The Kier molecular flexibility index (Phi) is 8.41. The van der Waals surface area contributed by atoms with Crippen LogP contribution in [0.1, 0.15) is 6.42 Å². The van der Waals surface area contributed by atoms with E-state index < -0.39 is 17.9 Å². The number of carboxylic acid groups (broad SMARTS) is 1. The molecule has 1 amide bonds. The second kappa shape index (κ2) is 9.08. The molecule has 7 heteroatoms. The second-order valence-corrected chi connectivity index (χ2v) is 3.02. The Bertz CT molecular complexity index is 220. The average Bonchev–Trinajstić information content (AvgIpc) is 2.23. The molecule has 16 heavy (non-hydrogen) atoms. The molecule has 0 spiro atoms. The number of aliphatic carboxylic acids is 1. The fourth-order valence-electron chi connectivity index (χ4n) is 0.930. The van der Waals surface area contributed by atoms with Crippen LogP contribution in [0, 0.1) is 0 Å². The molecule has 0 fully saturated rings. The SMILES string of the molecule is COCCOCC(=O)NC(CCO)C(=O)O. The average molecular weight is 235 g/mol. The zero-order chi connectivity index (χ0) is 12.4. The number of hydrogen-bond acceptors (Lipinski definition) is 5. The van der Waals surface area contributed by atoms with Gasteiger partial charge in [0.1, 0.15) is 12.6 Å². The van der Waals surface area contributed by atoms with Gasteiger partial charge in [0.05, 0.1) is 13.2 Å². The molecule has 0 aromatic carbocycles. The number of hydrogen-bond donors (Lipinski definition) is 3. The third kappa shape index (κ3) is 7.16. The van der Waals surface area contributed by atoms with Gasteiger partial charge < -0.3 is 25.0 Å². The Morgan fingerprint density at radius 3 is 2.56 bits per heavy atom. The lowest BCUT2D eigenvalue weighted by atomic mass is 10.2. The third-order valence-electron chi connectivity index (χ3n) is 1.72. The number of aliphatic hydroxyl groups is 1. The minimum Gasteiger partial charge on any atom is -0.480 e. The van der Waals surface area contributed by atoms with Crippen molar-refractivity contribution in [2.45, 2.75) is 12.5 Å². The van der Waals surface area contributed by atoms with Gasteiger partial charge in [-0.25, -0.2) is 4.79 Å². The van der Waals surface area contributed by atoms with E-state index in [-0.39, 0.29) is 26.2 Å². The molecule has 1 unspecified atom stereocenters. The number of carbonyl (C=O) groups is 2. The highest BCUT2D eigenvalue weighted by molar-refractivity contribution is 5.84. The molecular weight excluding hydrogens is 218 g/mol. The number of rotatable bonds is 9. The first-order chi connectivity index (χ1) is 7.61. The van der Waals surface area contributed by atoms with Crippen LogP contribution in [-0.2, 0) is 19.1 Å². The van der Waals surface area contributed by atoms with Crippen LogP contribution < -0.4 is 5.32 Å². The number of carboxylic acids is 1.